The molecule has 26 heavy (non-hydrogen) atoms. The Balaban J connectivity index is 1.65. The molecule has 0 N–H and O–H groups in total. The smallest absolute Gasteiger partial charge is 0.248 e. The lowest BCUT2D eigenvalue weighted by molar-refractivity contribution is -0.137. The molecule has 3 heterocycles. The van der Waals surface area contributed by atoms with E-state index < -0.39 is 0 Å². The quantitative estimate of drug-likeness (QED) is 0.699. The molecular weight excluding hydrogens is 332 g/mol. The fourth-order valence-corrected chi connectivity index (χ4v) is 3.40. The molecule has 0 radical (unpaired) electrons. The summed E-state index contributed by atoms with van der Waals surface area (Å²) in [5.41, 5.74) is 0. The summed E-state index contributed by atoms with van der Waals surface area (Å²) in [6.07, 6.45) is 6.66. The van der Waals surface area contributed by atoms with Crippen LogP contribution in [0.15, 0.2) is 12.4 Å². The van der Waals surface area contributed by atoms with Crippen LogP contribution in [0.5, 0.6) is 0 Å². The predicted octanol–water partition coefficient (Wildman–Crippen LogP) is 1.50. The van der Waals surface area contributed by atoms with E-state index in [9.17, 15) is 4.79 Å². The van der Waals surface area contributed by atoms with Crippen LogP contribution in [0.3, 0.4) is 0 Å². The molecule has 2 aromatic rings. The number of nitrogens with zero attached hydrogens (tertiary/aromatic N) is 6. The lowest BCUT2D eigenvalue weighted by Gasteiger charge is -2.32. The number of hydrogen-bond acceptors (Lipinski definition) is 5. The highest BCUT2D eigenvalue weighted by molar-refractivity contribution is 5.77. The van der Waals surface area contributed by atoms with Gasteiger partial charge in [-0.15, -0.1) is 10.2 Å². The van der Waals surface area contributed by atoms with Gasteiger partial charge in [-0.3, -0.25) is 4.79 Å². The molecule has 0 spiro atoms. The maximum atomic E-state index is 12.3. The second kappa shape index (κ2) is 8.44. The van der Waals surface area contributed by atoms with Gasteiger partial charge in [0, 0.05) is 45.1 Å². The highest BCUT2D eigenvalue weighted by Crippen LogP contribution is 2.26. The van der Waals surface area contributed by atoms with E-state index in [-0.39, 0.29) is 18.4 Å². The van der Waals surface area contributed by atoms with E-state index >= 15 is 0 Å². The van der Waals surface area contributed by atoms with Crippen molar-refractivity contribution in [2.75, 3.05) is 26.3 Å². The van der Waals surface area contributed by atoms with Crippen molar-refractivity contribution >= 4 is 5.91 Å². The van der Waals surface area contributed by atoms with Crippen LogP contribution in [-0.4, -0.2) is 61.4 Å². The van der Waals surface area contributed by atoms with Gasteiger partial charge in [-0.05, 0) is 26.2 Å². The van der Waals surface area contributed by atoms with Gasteiger partial charge in [-0.1, -0.05) is 6.92 Å². The zero-order valence-electron chi connectivity index (χ0n) is 15.9. The van der Waals surface area contributed by atoms with Crippen molar-refractivity contribution in [2.45, 2.75) is 45.6 Å². The van der Waals surface area contributed by atoms with E-state index in [1.165, 1.54) is 0 Å². The summed E-state index contributed by atoms with van der Waals surface area (Å²) in [6, 6.07) is 0. The molecule has 1 aliphatic rings. The third-order valence-corrected chi connectivity index (χ3v) is 4.95. The standard InChI is InChI=1S/C18H28N6O2/c1-4-10-26-13-17(25)24-8-5-6-15(11-24)18-21-20-16(22(18)3)12-23-9-7-19-14(23)2/h7,9,15H,4-6,8,10-13H2,1-3H3/t15-/m1/s1. The van der Waals surface area contributed by atoms with Crippen molar-refractivity contribution in [2.24, 2.45) is 7.05 Å². The molecule has 1 atom stereocenters. The molecule has 1 fully saturated rings. The average molecular weight is 360 g/mol. The molecule has 2 aromatic heterocycles. The van der Waals surface area contributed by atoms with E-state index in [0.717, 1.165) is 43.3 Å². The van der Waals surface area contributed by atoms with Gasteiger partial charge in [0.05, 0.1) is 6.54 Å². The van der Waals surface area contributed by atoms with Crippen molar-refractivity contribution in [1.29, 1.82) is 0 Å². The molecule has 0 aromatic carbocycles. The van der Waals surface area contributed by atoms with E-state index in [1.54, 1.807) is 6.20 Å². The summed E-state index contributed by atoms with van der Waals surface area (Å²) in [6.45, 7) is 6.94. The summed E-state index contributed by atoms with van der Waals surface area (Å²) in [5.74, 6) is 3.09. The Morgan fingerprint density at radius 3 is 2.96 bits per heavy atom. The maximum Gasteiger partial charge on any atom is 0.248 e. The molecule has 1 amide bonds. The summed E-state index contributed by atoms with van der Waals surface area (Å²) in [4.78, 5) is 18.5. The van der Waals surface area contributed by atoms with Gasteiger partial charge in [0.15, 0.2) is 5.82 Å². The Kier molecular flexibility index (Phi) is 6.03. The molecule has 8 nitrogen and oxygen atoms in total. The molecule has 8 heteroatoms. The number of ether oxygens (including phenoxy) is 1. The topological polar surface area (TPSA) is 78.1 Å². The van der Waals surface area contributed by atoms with Gasteiger partial charge in [0.1, 0.15) is 18.3 Å². The Morgan fingerprint density at radius 2 is 2.23 bits per heavy atom. The fourth-order valence-electron chi connectivity index (χ4n) is 3.40. The normalized spacial score (nSPS) is 17.7. The van der Waals surface area contributed by atoms with Crippen LogP contribution >= 0.6 is 0 Å². The van der Waals surface area contributed by atoms with E-state index in [2.05, 4.69) is 24.3 Å². The van der Waals surface area contributed by atoms with E-state index in [0.29, 0.717) is 19.7 Å². The fraction of sp³-hybridized carbons (Fsp3) is 0.667. The second-order valence-electron chi connectivity index (χ2n) is 6.87. The van der Waals surface area contributed by atoms with Gasteiger partial charge in [-0.2, -0.15) is 0 Å². The highest BCUT2D eigenvalue weighted by atomic mass is 16.5. The molecule has 0 bridgehead atoms. The van der Waals surface area contributed by atoms with Crippen molar-refractivity contribution in [3.63, 3.8) is 0 Å². The Bertz CT molecular complexity index is 738. The summed E-state index contributed by atoms with van der Waals surface area (Å²) in [7, 11) is 2.00. The molecule has 0 saturated carbocycles. The number of rotatable bonds is 7. The molecule has 1 aliphatic heterocycles. The van der Waals surface area contributed by atoms with Gasteiger partial charge in [0.25, 0.3) is 0 Å². The number of amides is 1. The summed E-state index contributed by atoms with van der Waals surface area (Å²) in [5, 5.41) is 8.80. The van der Waals surface area contributed by atoms with Crippen LogP contribution in [0.2, 0.25) is 0 Å². The first kappa shape index (κ1) is 18.6. The van der Waals surface area contributed by atoms with Crippen molar-refractivity contribution in [3.8, 4) is 0 Å². The third-order valence-electron chi connectivity index (χ3n) is 4.95. The monoisotopic (exact) mass is 360 g/mol. The van der Waals surface area contributed by atoms with E-state index in [4.69, 9.17) is 4.74 Å². The molecule has 1 saturated heterocycles. The largest absolute Gasteiger partial charge is 0.372 e. The number of imidazole rings is 1. The number of carbonyl (C=O) groups is 1. The third kappa shape index (κ3) is 4.12. The number of aryl methyl sites for hydroxylation is 1. The van der Waals surface area contributed by atoms with Crippen LogP contribution in [0.4, 0.5) is 0 Å². The first-order valence-electron chi connectivity index (χ1n) is 9.31. The zero-order chi connectivity index (χ0) is 18.5. The minimum absolute atomic E-state index is 0.0691. The van der Waals surface area contributed by atoms with E-state index in [1.807, 2.05) is 32.0 Å². The summed E-state index contributed by atoms with van der Waals surface area (Å²) >= 11 is 0. The van der Waals surface area contributed by atoms with Gasteiger partial charge < -0.3 is 18.8 Å². The molecule has 3 rings (SSSR count). The highest BCUT2D eigenvalue weighted by Gasteiger charge is 2.28. The Morgan fingerprint density at radius 1 is 1.38 bits per heavy atom. The van der Waals surface area contributed by atoms with Crippen LogP contribution in [-0.2, 0) is 23.1 Å². The minimum Gasteiger partial charge on any atom is -0.372 e. The zero-order valence-corrected chi connectivity index (χ0v) is 15.9. The Labute approximate surface area is 154 Å². The van der Waals surface area contributed by atoms with Crippen LogP contribution < -0.4 is 0 Å². The second-order valence-corrected chi connectivity index (χ2v) is 6.87. The maximum absolute atomic E-state index is 12.3. The Hall–Kier alpha value is -2.22. The molecule has 0 unspecified atom stereocenters. The van der Waals surface area contributed by atoms with Gasteiger partial charge >= 0.3 is 0 Å². The first-order valence-corrected chi connectivity index (χ1v) is 9.31. The van der Waals surface area contributed by atoms with Crippen molar-refractivity contribution in [3.05, 3.63) is 29.9 Å². The number of aromatic nitrogens is 5. The number of carbonyl (C=O) groups excluding carboxylic acids is 1. The van der Waals surface area contributed by atoms with Crippen LogP contribution in [0.25, 0.3) is 0 Å². The van der Waals surface area contributed by atoms with Crippen molar-refractivity contribution < 1.29 is 9.53 Å². The molecular formula is C18H28N6O2. The SMILES string of the molecule is CCCOCC(=O)N1CCC[C@@H](c2nnc(Cn3ccnc3C)n2C)C1. The van der Waals surface area contributed by atoms with Gasteiger partial charge in [0.2, 0.25) is 5.91 Å². The molecule has 0 aliphatic carbocycles. The van der Waals surface area contributed by atoms with Gasteiger partial charge in [-0.25, -0.2) is 4.98 Å². The average Bonchev–Trinajstić information content (AvgIpc) is 3.22. The lowest BCUT2D eigenvalue weighted by atomic mass is 9.97. The lowest BCUT2D eigenvalue weighted by Crippen LogP contribution is -2.41. The molecule has 142 valence electrons. The summed E-state index contributed by atoms with van der Waals surface area (Å²) < 4.78 is 9.52. The van der Waals surface area contributed by atoms with Crippen LogP contribution in [0, 0.1) is 6.92 Å². The number of likely N-dealkylation sites (tertiary alicyclic amines) is 1. The first-order chi connectivity index (χ1) is 12.6. The van der Waals surface area contributed by atoms with Crippen molar-refractivity contribution in [1.82, 2.24) is 29.2 Å². The predicted molar refractivity (Wildman–Crippen MR) is 96.7 cm³/mol. The number of piperidine rings is 1. The minimum atomic E-state index is 0.0691. The van der Waals surface area contributed by atoms with Crippen LogP contribution in [0.1, 0.15) is 49.6 Å². The number of hydrogen-bond donors (Lipinski definition) is 0.